The van der Waals surface area contributed by atoms with Gasteiger partial charge in [-0.3, -0.25) is 14.8 Å². The van der Waals surface area contributed by atoms with Gasteiger partial charge in [-0.05, 0) is 0 Å². The normalized spacial score (nSPS) is 12.5. The van der Waals surface area contributed by atoms with Gasteiger partial charge in [0.05, 0.1) is 5.56 Å². The van der Waals surface area contributed by atoms with Gasteiger partial charge in [0.2, 0.25) is 5.13 Å². The molecule has 2 aromatic rings. The second-order valence-corrected chi connectivity index (χ2v) is 6.66. The van der Waals surface area contributed by atoms with Gasteiger partial charge in [-0.2, -0.15) is 18.3 Å². The van der Waals surface area contributed by atoms with Crippen LogP contribution in [0.1, 0.15) is 41.8 Å². The van der Waals surface area contributed by atoms with E-state index in [0.717, 1.165) is 22.2 Å². The SMILES string of the molecule is Cn1cc(C(=O)Nc2nnc(C(C)(C)C)s2)c(C(F)(F)F)n1. The molecule has 0 saturated heterocycles. The average Bonchev–Trinajstić information content (AvgIpc) is 2.93. The Kier molecular flexibility index (Phi) is 3.98. The maximum absolute atomic E-state index is 12.8. The van der Waals surface area contributed by atoms with Crippen LogP contribution in [-0.2, 0) is 18.6 Å². The Morgan fingerprint density at radius 2 is 1.91 bits per heavy atom. The lowest BCUT2D eigenvalue weighted by Gasteiger charge is -2.12. The van der Waals surface area contributed by atoms with Crippen LogP contribution in [0.4, 0.5) is 18.3 Å². The highest BCUT2D eigenvalue weighted by Gasteiger charge is 2.39. The molecule has 0 aliphatic carbocycles. The molecule has 1 amide bonds. The molecule has 22 heavy (non-hydrogen) atoms. The Labute approximate surface area is 128 Å². The lowest BCUT2D eigenvalue weighted by Crippen LogP contribution is -2.17. The van der Waals surface area contributed by atoms with E-state index in [1.54, 1.807) is 0 Å². The molecule has 0 unspecified atom stereocenters. The lowest BCUT2D eigenvalue weighted by atomic mass is 9.98. The second-order valence-electron chi connectivity index (χ2n) is 5.68. The van der Waals surface area contributed by atoms with E-state index < -0.39 is 23.3 Å². The molecule has 1 N–H and O–H groups in total. The number of halogens is 3. The van der Waals surface area contributed by atoms with E-state index in [9.17, 15) is 18.0 Å². The van der Waals surface area contributed by atoms with E-state index in [-0.39, 0.29) is 10.5 Å². The van der Waals surface area contributed by atoms with E-state index in [0.29, 0.717) is 5.01 Å². The minimum absolute atomic E-state index is 0.145. The third-order valence-electron chi connectivity index (χ3n) is 2.63. The zero-order valence-electron chi connectivity index (χ0n) is 12.3. The number of aryl methyl sites for hydroxylation is 1. The molecule has 0 radical (unpaired) electrons. The van der Waals surface area contributed by atoms with Crippen LogP contribution in [-0.4, -0.2) is 25.9 Å². The quantitative estimate of drug-likeness (QED) is 0.917. The van der Waals surface area contributed by atoms with Gasteiger partial charge >= 0.3 is 6.18 Å². The number of hydrogen-bond donors (Lipinski definition) is 1. The molecule has 0 spiro atoms. The van der Waals surface area contributed by atoms with E-state index in [2.05, 4.69) is 20.6 Å². The third kappa shape index (κ3) is 3.43. The van der Waals surface area contributed by atoms with Crippen molar-refractivity contribution < 1.29 is 18.0 Å². The number of carbonyl (C=O) groups excluding carboxylic acids is 1. The molecule has 120 valence electrons. The molecular weight excluding hydrogens is 319 g/mol. The summed E-state index contributed by atoms with van der Waals surface area (Å²) in [6, 6.07) is 0. The highest BCUT2D eigenvalue weighted by Crippen LogP contribution is 2.32. The van der Waals surface area contributed by atoms with Crippen LogP contribution in [0.2, 0.25) is 0 Å². The topological polar surface area (TPSA) is 72.7 Å². The highest BCUT2D eigenvalue weighted by atomic mass is 32.1. The summed E-state index contributed by atoms with van der Waals surface area (Å²) in [5.41, 5.74) is -2.04. The first-order valence-electron chi connectivity index (χ1n) is 6.24. The molecule has 10 heteroatoms. The maximum Gasteiger partial charge on any atom is 0.435 e. The smallest absolute Gasteiger partial charge is 0.296 e. The summed E-state index contributed by atoms with van der Waals surface area (Å²) in [5.74, 6) is -0.919. The highest BCUT2D eigenvalue weighted by molar-refractivity contribution is 7.15. The molecule has 0 saturated carbocycles. The largest absolute Gasteiger partial charge is 0.435 e. The summed E-state index contributed by atoms with van der Waals surface area (Å²) in [6.07, 6.45) is -3.69. The number of anilines is 1. The number of hydrogen-bond acceptors (Lipinski definition) is 5. The van der Waals surface area contributed by atoms with Crippen LogP contribution >= 0.6 is 11.3 Å². The molecule has 0 aliphatic heterocycles. The number of alkyl halides is 3. The van der Waals surface area contributed by atoms with Gasteiger partial charge in [0.1, 0.15) is 5.01 Å². The van der Waals surface area contributed by atoms with Crippen molar-refractivity contribution in [3.63, 3.8) is 0 Å². The van der Waals surface area contributed by atoms with Crippen molar-refractivity contribution in [1.29, 1.82) is 0 Å². The van der Waals surface area contributed by atoms with Crippen molar-refractivity contribution in [2.24, 2.45) is 7.05 Å². The monoisotopic (exact) mass is 333 g/mol. The number of aromatic nitrogens is 4. The molecule has 0 fully saturated rings. The van der Waals surface area contributed by atoms with Crippen LogP contribution < -0.4 is 5.32 Å². The molecule has 2 aromatic heterocycles. The van der Waals surface area contributed by atoms with Crippen LogP contribution in [0.25, 0.3) is 0 Å². The van der Waals surface area contributed by atoms with Crippen LogP contribution in [0.15, 0.2) is 6.20 Å². The van der Waals surface area contributed by atoms with E-state index in [4.69, 9.17) is 0 Å². The van der Waals surface area contributed by atoms with Gasteiger partial charge < -0.3 is 0 Å². The van der Waals surface area contributed by atoms with Crippen molar-refractivity contribution in [2.45, 2.75) is 32.4 Å². The Morgan fingerprint density at radius 1 is 1.27 bits per heavy atom. The summed E-state index contributed by atoms with van der Waals surface area (Å²) in [6.45, 7) is 5.76. The summed E-state index contributed by atoms with van der Waals surface area (Å²) in [4.78, 5) is 12.0. The summed E-state index contributed by atoms with van der Waals surface area (Å²) >= 11 is 1.12. The molecule has 2 heterocycles. The predicted octanol–water partition coefficient (Wildman–Crippen LogP) is 2.84. The summed E-state index contributed by atoms with van der Waals surface area (Å²) in [5, 5.41) is 14.1. The van der Waals surface area contributed by atoms with Crippen LogP contribution in [0.3, 0.4) is 0 Å². The van der Waals surface area contributed by atoms with Crippen molar-refractivity contribution in [3.8, 4) is 0 Å². The molecular formula is C12H14F3N5OS. The van der Waals surface area contributed by atoms with Crippen LogP contribution in [0, 0.1) is 0 Å². The van der Waals surface area contributed by atoms with E-state index in [1.807, 2.05) is 20.8 Å². The van der Waals surface area contributed by atoms with Crippen LogP contribution in [0.5, 0.6) is 0 Å². The fourth-order valence-electron chi connectivity index (χ4n) is 1.61. The fraction of sp³-hybridized carbons (Fsp3) is 0.500. The molecule has 0 bridgehead atoms. The van der Waals surface area contributed by atoms with Gasteiger partial charge in [0.25, 0.3) is 5.91 Å². The minimum atomic E-state index is -4.70. The average molecular weight is 333 g/mol. The lowest BCUT2D eigenvalue weighted by molar-refractivity contribution is -0.141. The summed E-state index contributed by atoms with van der Waals surface area (Å²) in [7, 11) is 1.31. The molecule has 0 aliphatic rings. The second kappa shape index (κ2) is 5.34. The number of carbonyl (C=O) groups is 1. The standard InChI is InChI=1S/C12H14F3N5OS/c1-11(2,3)9-17-18-10(22-9)16-8(21)6-5-20(4)19-7(6)12(13,14)15/h5H,1-4H3,(H,16,18,21). The molecule has 6 nitrogen and oxygen atoms in total. The first-order chi connectivity index (χ1) is 9.98. The van der Waals surface area contributed by atoms with E-state index in [1.165, 1.54) is 7.05 Å². The van der Waals surface area contributed by atoms with Gasteiger partial charge in [-0.15, -0.1) is 10.2 Å². The van der Waals surface area contributed by atoms with Gasteiger partial charge in [0, 0.05) is 18.7 Å². The Hall–Kier alpha value is -1.97. The van der Waals surface area contributed by atoms with Crippen molar-refractivity contribution in [2.75, 3.05) is 5.32 Å². The van der Waals surface area contributed by atoms with E-state index >= 15 is 0 Å². The predicted molar refractivity (Wildman–Crippen MR) is 74.8 cm³/mol. The maximum atomic E-state index is 12.8. The fourth-order valence-corrected chi connectivity index (χ4v) is 2.40. The Morgan fingerprint density at radius 3 is 2.41 bits per heavy atom. The van der Waals surface area contributed by atoms with Crippen molar-refractivity contribution in [1.82, 2.24) is 20.0 Å². The van der Waals surface area contributed by atoms with Gasteiger partial charge in [-0.25, -0.2) is 0 Å². The number of amides is 1. The van der Waals surface area contributed by atoms with Crippen molar-refractivity contribution >= 4 is 22.4 Å². The summed E-state index contributed by atoms with van der Waals surface area (Å²) < 4.78 is 39.5. The molecule has 2 rings (SSSR count). The number of nitrogens with one attached hydrogen (secondary N) is 1. The van der Waals surface area contributed by atoms with Gasteiger partial charge in [-0.1, -0.05) is 32.1 Å². The Balaban J connectivity index is 2.25. The van der Waals surface area contributed by atoms with Gasteiger partial charge in [0.15, 0.2) is 5.69 Å². The first kappa shape index (κ1) is 16.4. The molecule has 0 atom stereocenters. The number of nitrogens with zero attached hydrogens (tertiary/aromatic N) is 4. The zero-order chi connectivity index (χ0) is 16.7. The van der Waals surface area contributed by atoms with Crippen molar-refractivity contribution in [3.05, 3.63) is 22.5 Å². The minimum Gasteiger partial charge on any atom is -0.296 e. The first-order valence-corrected chi connectivity index (χ1v) is 7.06. The third-order valence-corrected chi connectivity index (χ3v) is 3.89. The zero-order valence-corrected chi connectivity index (χ0v) is 13.1. The molecule has 0 aromatic carbocycles. The Bertz CT molecular complexity index is 698. The number of rotatable bonds is 2.